The molecule has 0 saturated heterocycles. The van der Waals surface area contributed by atoms with Crippen LogP contribution in [0.1, 0.15) is 53.4 Å². The van der Waals surface area contributed by atoms with E-state index in [2.05, 4.69) is 20.8 Å². The van der Waals surface area contributed by atoms with E-state index in [0.29, 0.717) is 6.61 Å². The van der Waals surface area contributed by atoms with Crippen LogP contribution in [0.25, 0.3) is 0 Å². The maximum atomic E-state index is 11.2. The molecule has 128 valence electrons. The minimum atomic E-state index is -1.59. The third-order valence-electron chi connectivity index (χ3n) is 4.73. The van der Waals surface area contributed by atoms with Crippen molar-refractivity contribution < 1.29 is 18.7 Å². The largest absolute Gasteiger partial charge is 0.508 e. The van der Waals surface area contributed by atoms with E-state index in [1.807, 2.05) is 6.08 Å². The van der Waals surface area contributed by atoms with E-state index in [1.165, 1.54) is 36.5 Å². The van der Waals surface area contributed by atoms with Crippen molar-refractivity contribution in [3.63, 3.8) is 0 Å². The van der Waals surface area contributed by atoms with Crippen LogP contribution in [0.5, 0.6) is 0 Å². The molecule has 1 aliphatic carbocycles. The summed E-state index contributed by atoms with van der Waals surface area (Å²) in [5.41, 5.74) is 1.31. The van der Waals surface area contributed by atoms with Crippen molar-refractivity contribution in [2.75, 3.05) is 13.2 Å². The Labute approximate surface area is 136 Å². The summed E-state index contributed by atoms with van der Waals surface area (Å²) in [5, 5.41) is 0. The molecule has 0 amide bonds. The van der Waals surface area contributed by atoms with Crippen LogP contribution in [0.2, 0.25) is 18.1 Å². The number of carbonyl (C=O) groups excluding carboxylic acids is 1. The molecule has 0 bridgehead atoms. The normalized spacial score (nSPS) is 20.9. The van der Waals surface area contributed by atoms with E-state index in [9.17, 15) is 4.79 Å². The van der Waals surface area contributed by atoms with Gasteiger partial charge in [0, 0.05) is 0 Å². The van der Waals surface area contributed by atoms with E-state index in [-0.39, 0.29) is 12.7 Å². The molecule has 0 radical (unpaired) electrons. The number of carbonyl (C=O) groups is 1. The second-order valence-corrected chi connectivity index (χ2v) is 10.6. The summed E-state index contributed by atoms with van der Waals surface area (Å²) < 4.78 is 16.5. The molecule has 0 aromatic carbocycles. The van der Waals surface area contributed by atoms with Gasteiger partial charge in [0.15, 0.2) is 8.32 Å². The summed E-state index contributed by atoms with van der Waals surface area (Å²) in [4.78, 5) is 11.2. The zero-order chi connectivity index (χ0) is 16.4. The average molecular weight is 329 g/mol. The van der Waals surface area contributed by atoms with Crippen LogP contribution in [0.3, 0.4) is 0 Å². The Morgan fingerprint density at radius 3 is 2.41 bits per heavy atom. The van der Waals surface area contributed by atoms with Gasteiger partial charge in [-0.25, -0.2) is 4.79 Å². The molecule has 1 aliphatic rings. The summed E-state index contributed by atoms with van der Waals surface area (Å²) in [7, 11) is -1.59. The molecule has 0 spiro atoms. The fourth-order valence-electron chi connectivity index (χ4n) is 3.05. The molecule has 1 fully saturated rings. The SMILES string of the molecule is CCOC(=O)OC/C=C1\CCCCC1O[Si](CC)(CC)CC. The predicted molar refractivity (Wildman–Crippen MR) is 91.6 cm³/mol. The molecule has 1 saturated carbocycles. The monoisotopic (exact) mass is 328 g/mol. The summed E-state index contributed by atoms with van der Waals surface area (Å²) in [6.07, 6.45) is 6.24. The van der Waals surface area contributed by atoms with Crippen molar-refractivity contribution in [3.8, 4) is 0 Å². The van der Waals surface area contributed by atoms with Crippen LogP contribution in [0.15, 0.2) is 11.6 Å². The zero-order valence-corrected chi connectivity index (χ0v) is 15.7. The minimum Gasteiger partial charge on any atom is -0.435 e. The Morgan fingerprint density at radius 1 is 1.14 bits per heavy atom. The van der Waals surface area contributed by atoms with Crippen molar-refractivity contribution in [3.05, 3.63) is 11.6 Å². The number of hydrogen-bond donors (Lipinski definition) is 0. The Morgan fingerprint density at radius 2 is 1.82 bits per heavy atom. The van der Waals surface area contributed by atoms with Crippen molar-refractivity contribution in [1.82, 2.24) is 0 Å². The van der Waals surface area contributed by atoms with Gasteiger partial charge in [-0.15, -0.1) is 0 Å². The minimum absolute atomic E-state index is 0.228. The molecule has 22 heavy (non-hydrogen) atoms. The highest BCUT2D eigenvalue weighted by Gasteiger charge is 2.33. The second-order valence-electron chi connectivity index (χ2n) is 5.87. The van der Waals surface area contributed by atoms with Gasteiger partial charge in [0.1, 0.15) is 6.61 Å². The first-order valence-electron chi connectivity index (χ1n) is 8.77. The lowest BCUT2D eigenvalue weighted by Gasteiger charge is -2.36. The van der Waals surface area contributed by atoms with Crippen LogP contribution in [0.4, 0.5) is 4.79 Å². The Balaban J connectivity index is 2.64. The van der Waals surface area contributed by atoms with Gasteiger partial charge >= 0.3 is 6.16 Å². The molecule has 0 N–H and O–H groups in total. The van der Waals surface area contributed by atoms with Gasteiger partial charge in [-0.3, -0.25) is 0 Å². The van der Waals surface area contributed by atoms with Gasteiger partial charge in [0.2, 0.25) is 0 Å². The summed E-state index contributed by atoms with van der Waals surface area (Å²) in [6.45, 7) is 9.18. The molecule has 0 aromatic heterocycles. The first kappa shape index (κ1) is 19.2. The lowest BCUT2D eigenvalue weighted by Crippen LogP contribution is -2.41. The smallest absolute Gasteiger partial charge is 0.435 e. The summed E-state index contributed by atoms with van der Waals surface area (Å²) >= 11 is 0. The van der Waals surface area contributed by atoms with Gasteiger partial charge in [-0.1, -0.05) is 27.2 Å². The maximum Gasteiger partial charge on any atom is 0.508 e. The van der Waals surface area contributed by atoms with Crippen LogP contribution in [-0.2, 0) is 13.9 Å². The first-order valence-corrected chi connectivity index (χ1v) is 11.3. The molecule has 0 heterocycles. The van der Waals surface area contributed by atoms with E-state index < -0.39 is 14.5 Å². The Hall–Kier alpha value is -0.813. The topological polar surface area (TPSA) is 44.8 Å². The van der Waals surface area contributed by atoms with Crippen molar-refractivity contribution >= 4 is 14.5 Å². The molecule has 0 aromatic rings. The van der Waals surface area contributed by atoms with Crippen molar-refractivity contribution in [2.24, 2.45) is 0 Å². The lowest BCUT2D eigenvalue weighted by atomic mass is 9.92. The fourth-order valence-corrected chi connectivity index (χ4v) is 5.92. The van der Waals surface area contributed by atoms with Gasteiger partial charge in [0.05, 0.1) is 12.7 Å². The van der Waals surface area contributed by atoms with E-state index >= 15 is 0 Å². The Bertz CT molecular complexity index is 355. The van der Waals surface area contributed by atoms with Gasteiger partial charge in [0.25, 0.3) is 0 Å². The molecule has 0 aliphatic heterocycles. The number of rotatable bonds is 8. The van der Waals surface area contributed by atoms with Crippen LogP contribution in [-0.4, -0.2) is 33.8 Å². The highest BCUT2D eigenvalue weighted by atomic mass is 28.4. The van der Waals surface area contributed by atoms with Gasteiger partial charge in [-0.2, -0.15) is 0 Å². The molecule has 1 rings (SSSR count). The molecule has 1 unspecified atom stereocenters. The third-order valence-corrected chi connectivity index (χ3v) is 9.38. The third kappa shape index (κ3) is 5.76. The lowest BCUT2D eigenvalue weighted by molar-refractivity contribution is 0.0667. The van der Waals surface area contributed by atoms with Gasteiger partial charge < -0.3 is 13.9 Å². The summed E-state index contributed by atoms with van der Waals surface area (Å²) in [6, 6.07) is 3.51. The van der Waals surface area contributed by atoms with Gasteiger partial charge in [-0.05, 0) is 56.0 Å². The molecular weight excluding hydrogens is 296 g/mol. The highest BCUT2D eigenvalue weighted by molar-refractivity contribution is 6.73. The predicted octanol–water partition coefficient (Wildman–Crippen LogP) is 5.05. The van der Waals surface area contributed by atoms with Crippen LogP contribution < -0.4 is 0 Å². The highest BCUT2D eigenvalue weighted by Crippen LogP contribution is 2.32. The fraction of sp³-hybridized carbons (Fsp3) is 0.824. The molecular formula is C17H32O4Si. The molecule has 4 nitrogen and oxygen atoms in total. The zero-order valence-electron chi connectivity index (χ0n) is 14.7. The van der Waals surface area contributed by atoms with E-state index in [4.69, 9.17) is 13.9 Å². The summed E-state index contributed by atoms with van der Waals surface area (Å²) in [5.74, 6) is 0. The molecule has 1 atom stereocenters. The van der Waals surface area contributed by atoms with Crippen LogP contribution in [0, 0.1) is 0 Å². The number of hydrogen-bond acceptors (Lipinski definition) is 4. The second kappa shape index (κ2) is 10.1. The molecule has 5 heteroatoms. The van der Waals surface area contributed by atoms with Crippen molar-refractivity contribution in [1.29, 1.82) is 0 Å². The average Bonchev–Trinajstić information content (AvgIpc) is 2.54. The van der Waals surface area contributed by atoms with Crippen molar-refractivity contribution in [2.45, 2.75) is 77.6 Å². The van der Waals surface area contributed by atoms with E-state index in [1.54, 1.807) is 6.92 Å². The Kier molecular flexibility index (Phi) is 8.79. The standard InChI is InChI=1S/C17H32O4Si/c1-5-19-17(18)20-14-13-15-11-9-10-12-16(15)21-22(6-2,7-3)8-4/h13,16H,5-12,14H2,1-4H3/b15-13+. The quantitative estimate of drug-likeness (QED) is 0.355. The number of ether oxygens (including phenoxy) is 2. The van der Waals surface area contributed by atoms with E-state index in [0.717, 1.165) is 12.8 Å². The first-order chi connectivity index (χ1) is 10.6. The maximum absolute atomic E-state index is 11.2. The van der Waals surface area contributed by atoms with Crippen LogP contribution >= 0.6 is 0 Å².